The monoisotopic (exact) mass is 213 g/mol. The van der Waals surface area contributed by atoms with Crippen LogP contribution >= 0.6 is 0 Å². The summed E-state index contributed by atoms with van der Waals surface area (Å²) in [6.45, 7) is 9.69. The second kappa shape index (κ2) is 7.72. The van der Waals surface area contributed by atoms with E-state index in [-0.39, 0.29) is 5.91 Å². The lowest BCUT2D eigenvalue weighted by atomic mass is 9.91. The highest BCUT2D eigenvalue weighted by molar-refractivity contribution is 5.75. The van der Waals surface area contributed by atoms with Crippen LogP contribution in [0.2, 0.25) is 0 Å². The fraction of sp³-hybridized carbons (Fsp3) is 0.923. The number of amides is 1. The van der Waals surface area contributed by atoms with Crippen molar-refractivity contribution in [3.63, 3.8) is 0 Å². The van der Waals surface area contributed by atoms with Crippen molar-refractivity contribution in [1.82, 2.24) is 5.32 Å². The Bertz CT molecular complexity index is 170. The molecule has 0 spiro atoms. The predicted octanol–water partition coefficient (Wildman–Crippen LogP) is 3.51. The van der Waals surface area contributed by atoms with Crippen molar-refractivity contribution in [2.24, 2.45) is 5.41 Å². The molecule has 0 aliphatic rings. The molecular weight excluding hydrogens is 186 g/mol. The Hall–Kier alpha value is -0.530. The smallest absolute Gasteiger partial charge is 0.219 e. The second-order valence-corrected chi connectivity index (χ2v) is 5.47. The lowest BCUT2D eigenvalue weighted by Crippen LogP contribution is -2.24. The molecule has 0 aromatic heterocycles. The van der Waals surface area contributed by atoms with Crippen LogP contribution in [0.25, 0.3) is 0 Å². The van der Waals surface area contributed by atoms with Gasteiger partial charge in [-0.2, -0.15) is 0 Å². The van der Waals surface area contributed by atoms with E-state index in [4.69, 9.17) is 0 Å². The molecule has 0 saturated carbocycles. The largest absolute Gasteiger partial charge is 0.356 e. The molecule has 0 bridgehead atoms. The Labute approximate surface area is 94.8 Å². The van der Waals surface area contributed by atoms with E-state index < -0.39 is 0 Å². The van der Waals surface area contributed by atoms with E-state index in [9.17, 15) is 4.79 Å². The number of carbonyl (C=O) groups is 1. The molecule has 1 N–H and O–H groups in total. The number of unbranched alkanes of at least 4 members (excludes halogenated alkanes) is 2. The van der Waals surface area contributed by atoms with Crippen LogP contribution < -0.4 is 5.32 Å². The first-order valence-electron chi connectivity index (χ1n) is 6.22. The van der Waals surface area contributed by atoms with E-state index in [0.717, 1.165) is 25.8 Å². The minimum absolute atomic E-state index is 0.220. The van der Waals surface area contributed by atoms with Crippen molar-refractivity contribution < 1.29 is 4.79 Å². The van der Waals surface area contributed by atoms with Crippen LogP contribution in [0, 0.1) is 5.41 Å². The van der Waals surface area contributed by atoms with Gasteiger partial charge in [0.25, 0.3) is 0 Å². The van der Waals surface area contributed by atoms with Gasteiger partial charge in [-0.1, -0.05) is 40.5 Å². The minimum Gasteiger partial charge on any atom is -0.356 e. The second-order valence-electron chi connectivity index (χ2n) is 5.47. The van der Waals surface area contributed by atoms with Gasteiger partial charge >= 0.3 is 0 Å². The van der Waals surface area contributed by atoms with Gasteiger partial charge in [0.2, 0.25) is 5.91 Å². The van der Waals surface area contributed by atoms with Gasteiger partial charge in [-0.05, 0) is 24.7 Å². The Kier molecular flexibility index (Phi) is 7.45. The van der Waals surface area contributed by atoms with Gasteiger partial charge in [-0.15, -0.1) is 0 Å². The van der Waals surface area contributed by atoms with Crippen LogP contribution in [-0.2, 0) is 4.79 Å². The van der Waals surface area contributed by atoms with Crippen molar-refractivity contribution in [1.29, 1.82) is 0 Å². The molecule has 15 heavy (non-hydrogen) atoms. The van der Waals surface area contributed by atoms with Crippen LogP contribution in [0.15, 0.2) is 0 Å². The topological polar surface area (TPSA) is 29.1 Å². The molecule has 0 aromatic rings. The zero-order chi connectivity index (χ0) is 11.7. The van der Waals surface area contributed by atoms with Crippen molar-refractivity contribution in [2.45, 2.75) is 66.2 Å². The van der Waals surface area contributed by atoms with E-state index in [1.54, 1.807) is 0 Å². The highest BCUT2D eigenvalue weighted by atomic mass is 16.1. The Morgan fingerprint density at radius 2 is 1.80 bits per heavy atom. The maximum Gasteiger partial charge on any atom is 0.219 e. The normalized spacial score (nSPS) is 11.5. The molecule has 0 atom stereocenters. The summed E-state index contributed by atoms with van der Waals surface area (Å²) in [5.41, 5.74) is 0.382. The summed E-state index contributed by atoms with van der Waals surface area (Å²) in [5.74, 6) is 0.220. The highest BCUT2D eigenvalue weighted by Gasteiger charge is 2.09. The van der Waals surface area contributed by atoms with Gasteiger partial charge in [-0.3, -0.25) is 4.79 Å². The molecule has 0 fully saturated rings. The molecule has 90 valence electrons. The van der Waals surface area contributed by atoms with Crippen LogP contribution in [0.3, 0.4) is 0 Å². The molecule has 2 nitrogen and oxygen atoms in total. The first-order chi connectivity index (χ1) is 6.95. The van der Waals surface area contributed by atoms with Crippen molar-refractivity contribution >= 4 is 5.91 Å². The number of nitrogens with one attached hydrogen (secondary N) is 1. The zero-order valence-electron chi connectivity index (χ0n) is 10.9. The Morgan fingerprint density at radius 3 is 2.33 bits per heavy atom. The number of hydrogen-bond acceptors (Lipinski definition) is 1. The molecule has 0 saturated heterocycles. The van der Waals surface area contributed by atoms with Gasteiger partial charge in [0.05, 0.1) is 0 Å². The Balaban J connectivity index is 3.32. The maximum absolute atomic E-state index is 11.3. The first-order valence-corrected chi connectivity index (χ1v) is 6.22. The molecule has 0 radical (unpaired) electrons. The van der Waals surface area contributed by atoms with Crippen molar-refractivity contribution in [2.75, 3.05) is 6.54 Å². The summed E-state index contributed by atoms with van der Waals surface area (Å²) >= 11 is 0. The molecule has 0 aliphatic carbocycles. The SMILES string of the molecule is CCCCCC(=O)NCCCC(C)(C)C. The number of hydrogen-bond donors (Lipinski definition) is 1. The maximum atomic E-state index is 11.3. The summed E-state index contributed by atoms with van der Waals surface area (Å²) < 4.78 is 0. The van der Waals surface area contributed by atoms with E-state index >= 15 is 0 Å². The number of carbonyl (C=O) groups excluding carboxylic acids is 1. The average molecular weight is 213 g/mol. The van der Waals surface area contributed by atoms with E-state index in [2.05, 4.69) is 33.0 Å². The molecule has 1 amide bonds. The van der Waals surface area contributed by atoms with Gasteiger partial charge < -0.3 is 5.32 Å². The lowest BCUT2D eigenvalue weighted by molar-refractivity contribution is -0.121. The van der Waals surface area contributed by atoms with E-state index in [1.165, 1.54) is 12.8 Å². The molecule has 0 aliphatic heterocycles. The molecule has 0 heterocycles. The third-order valence-electron chi connectivity index (χ3n) is 2.43. The van der Waals surface area contributed by atoms with Crippen molar-refractivity contribution in [3.05, 3.63) is 0 Å². The van der Waals surface area contributed by atoms with Gasteiger partial charge in [0, 0.05) is 13.0 Å². The predicted molar refractivity (Wildman–Crippen MR) is 65.8 cm³/mol. The average Bonchev–Trinajstić information content (AvgIpc) is 2.11. The van der Waals surface area contributed by atoms with Gasteiger partial charge in [0.1, 0.15) is 0 Å². The quantitative estimate of drug-likeness (QED) is 0.644. The lowest BCUT2D eigenvalue weighted by Gasteiger charge is -2.17. The third kappa shape index (κ3) is 11.4. The van der Waals surface area contributed by atoms with Crippen molar-refractivity contribution in [3.8, 4) is 0 Å². The number of rotatable bonds is 7. The summed E-state index contributed by atoms with van der Waals surface area (Å²) in [6.07, 6.45) is 6.32. The third-order valence-corrected chi connectivity index (χ3v) is 2.43. The molecule has 0 unspecified atom stereocenters. The van der Waals surface area contributed by atoms with Crippen LogP contribution in [0.1, 0.15) is 66.2 Å². The summed E-state index contributed by atoms with van der Waals surface area (Å²) in [4.78, 5) is 11.3. The van der Waals surface area contributed by atoms with E-state index in [0.29, 0.717) is 11.8 Å². The fourth-order valence-electron chi connectivity index (χ4n) is 1.47. The Morgan fingerprint density at radius 1 is 1.13 bits per heavy atom. The molecule has 2 heteroatoms. The summed E-state index contributed by atoms with van der Waals surface area (Å²) in [7, 11) is 0. The zero-order valence-corrected chi connectivity index (χ0v) is 10.9. The van der Waals surface area contributed by atoms with Gasteiger partial charge in [-0.25, -0.2) is 0 Å². The molecule has 0 rings (SSSR count). The fourth-order valence-corrected chi connectivity index (χ4v) is 1.47. The van der Waals surface area contributed by atoms with Crippen LogP contribution in [0.4, 0.5) is 0 Å². The van der Waals surface area contributed by atoms with Gasteiger partial charge in [0.15, 0.2) is 0 Å². The van der Waals surface area contributed by atoms with Crippen LogP contribution in [0.5, 0.6) is 0 Å². The van der Waals surface area contributed by atoms with Crippen LogP contribution in [-0.4, -0.2) is 12.5 Å². The minimum atomic E-state index is 0.220. The standard InChI is InChI=1S/C13H27NO/c1-5-6-7-9-12(15)14-11-8-10-13(2,3)4/h5-11H2,1-4H3,(H,14,15). The summed E-state index contributed by atoms with van der Waals surface area (Å²) in [6, 6.07) is 0. The summed E-state index contributed by atoms with van der Waals surface area (Å²) in [5, 5.41) is 2.98. The first kappa shape index (κ1) is 14.5. The van der Waals surface area contributed by atoms with E-state index in [1.807, 2.05) is 0 Å². The molecular formula is C13H27NO. The molecule has 0 aromatic carbocycles. The highest BCUT2D eigenvalue weighted by Crippen LogP contribution is 2.19.